The highest BCUT2D eigenvalue weighted by molar-refractivity contribution is 5.85. The van der Waals surface area contributed by atoms with Crippen molar-refractivity contribution in [2.24, 2.45) is 11.7 Å². The maximum absolute atomic E-state index is 9.05. The van der Waals surface area contributed by atoms with Crippen LogP contribution in [0.2, 0.25) is 0 Å². The average molecular weight is 154 g/mol. The summed E-state index contributed by atoms with van der Waals surface area (Å²) in [6.45, 7) is 4.56. The molecule has 0 saturated carbocycles. The van der Waals surface area contributed by atoms with Gasteiger partial charge in [0.1, 0.15) is 0 Å². The summed E-state index contributed by atoms with van der Waals surface area (Å²) < 4.78 is 0. The first-order valence-electron chi connectivity index (χ1n) is 3.06. The maximum Gasteiger partial charge on any atom is 0.0575 e. The summed E-state index contributed by atoms with van der Waals surface area (Å²) in [7, 11) is 0. The lowest BCUT2D eigenvalue weighted by atomic mass is 10.1. The van der Waals surface area contributed by atoms with Crippen molar-refractivity contribution >= 4 is 12.4 Å². The van der Waals surface area contributed by atoms with E-state index in [1.165, 1.54) is 0 Å². The van der Waals surface area contributed by atoms with Crippen molar-refractivity contribution in [2.45, 2.75) is 26.4 Å². The zero-order valence-corrected chi connectivity index (χ0v) is 6.82. The van der Waals surface area contributed by atoms with Gasteiger partial charge in [-0.15, -0.1) is 12.4 Å². The van der Waals surface area contributed by atoms with Crippen molar-refractivity contribution in [3.63, 3.8) is 0 Å². The molecule has 0 aliphatic heterocycles. The largest absolute Gasteiger partial charge is 0.393 e. The lowest BCUT2D eigenvalue weighted by molar-refractivity contribution is 0.119. The number of aliphatic hydroxyl groups excluding tert-OH is 1. The van der Waals surface area contributed by atoms with E-state index < -0.39 is 0 Å². The lowest BCUT2D eigenvalue weighted by Crippen LogP contribution is -2.18. The number of hydrogen-bond acceptors (Lipinski definition) is 2. The van der Waals surface area contributed by atoms with Crippen molar-refractivity contribution in [2.75, 3.05) is 6.54 Å². The van der Waals surface area contributed by atoms with Crippen LogP contribution in [0.5, 0.6) is 0 Å². The normalized spacial score (nSPS) is 13.0. The third-order valence-electron chi connectivity index (χ3n) is 1.23. The first kappa shape index (κ1) is 11.9. The number of aliphatic hydroxyl groups is 1. The van der Waals surface area contributed by atoms with Crippen molar-refractivity contribution in [3.05, 3.63) is 0 Å². The summed E-state index contributed by atoms with van der Waals surface area (Å²) in [4.78, 5) is 0. The lowest BCUT2D eigenvalue weighted by Gasteiger charge is -2.11. The summed E-state index contributed by atoms with van der Waals surface area (Å²) in [5.74, 6) is 0.346. The van der Waals surface area contributed by atoms with Gasteiger partial charge < -0.3 is 10.8 Å². The Morgan fingerprint density at radius 1 is 1.44 bits per heavy atom. The fourth-order valence-electron chi connectivity index (χ4n) is 0.504. The van der Waals surface area contributed by atoms with Crippen LogP contribution in [-0.4, -0.2) is 17.8 Å². The molecule has 0 aromatic heterocycles. The SMILES string of the molecule is CC(C)[C@H](O)CCN.Cl. The van der Waals surface area contributed by atoms with Crippen LogP contribution in [0.15, 0.2) is 0 Å². The van der Waals surface area contributed by atoms with E-state index in [-0.39, 0.29) is 18.5 Å². The molecule has 0 unspecified atom stereocenters. The van der Waals surface area contributed by atoms with Gasteiger partial charge in [0.05, 0.1) is 6.10 Å². The number of nitrogens with two attached hydrogens (primary N) is 1. The van der Waals surface area contributed by atoms with Crippen LogP contribution in [0, 0.1) is 5.92 Å². The van der Waals surface area contributed by atoms with Crippen LogP contribution < -0.4 is 5.73 Å². The highest BCUT2D eigenvalue weighted by atomic mass is 35.5. The second-order valence-corrected chi connectivity index (χ2v) is 2.39. The molecular formula is C6H16ClNO. The molecule has 0 aliphatic carbocycles. The van der Waals surface area contributed by atoms with Gasteiger partial charge in [-0.3, -0.25) is 0 Å². The highest BCUT2D eigenvalue weighted by Gasteiger charge is 2.05. The predicted molar refractivity (Wildman–Crippen MR) is 41.8 cm³/mol. The molecule has 58 valence electrons. The molecule has 0 rings (SSSR count). The molecule has 0 spiro atoms. The molecule has 3 heteroatoms. The Labute approximate surface area is 62.9 Å². The van der Waals surface area contributed by atoms with Crippen molar-refractivity contribution < 1.29 is 5.11 Å². The Bertz CT molecular complexity index is 59.0. The van der Waals surface area contributed by atoms with E-state index in [0.29, 0.717) is 12.5 Å². The fraction of sp³-hybridized carbons (Fsp3) is 1.00. The van der Waals surface area contributed by atoms with Gasteiger partial charge in [-0.25, -0.2) is 0 Å². The fourth-order valence-corrected chi connectivity index (χ4v) is 0.504. The molecule has 3 N–H and O–H groups in total. The third-order valence-corrected chi connectivity index (χ3v) is 1.23. The summed E-state index contributed by atoms with van der Waals surface area (Å²) >= 11 is 0. The molecule has 0 bridgehead atoms. The molecule has 0 saturated heterocycles. The number of hydrogen-bond donors (Lipinski definition) is 2. The van der Waals surface area contributed by atoms with E-state index in [2.05, 4.69) is 0 Å². The van der Waals surface area contributed by atoms with Gasteiger partial charge in [-0.1, -0.05) is 13.8 Å². The Morgan fingerprint density at radius 3 is 2.00 bits per heavy atom. The molecule has 9 heavy (non-hydrogen) atoms. The average Bonchev–Trinajstić information content (AvgIpc) is 1.67. The molecule has 1 atom stereocenters. The Hall–Kier alpha value is 0.210. The molecule has 0 aromatic carbocycles. The van der Waals surface area contributed by atoms with Gasteiger partial charge in [0.15, 0.2) is 0 Å². The van der Waals surface area contributed by atoms with Gasteiger partial charge in [-0.05, 0) is 18.9 Å². The minimum absolute atomic E-state index is 0. The molecule has 0 aliphatic rings. The minimum atomic E-state index is -0.208. The summed E-state index contributed by atoms with van der Waals surface area (Å²) in [6, 6.07) is 0. The number of halogens is 1. The van der Waals surface area contributed by atoms with E-state index in [9.17, 15) is 0 Å². The maximum atomic E-state index is 9.05. The molecule has 2 nitrogen and oxygen atoms in total. The summed E-state index contributed by atoms with van der Waals surface area (Å²) in [6.07, 6.45) is 0.512. The van der Waals surface area contributed by atoms with E-state index in [1.807, 2.05) is 13.8 Å². The van der Waals surface area contributed by atoms with Gasteiger partial charge >= 0.3 is 0 Å². The van der Waals surface area contributed by atoms with Gasteiger partial charge in [0, 0.05) is 0 Å². The van der Waals surface area contributed by atoms with Crippen LogP contribution in [0.4, 0.5) is 0 Å². The first-order chi connectivity index (χ1) is 3.68. The van der Waals surface area contributed by atoms with Crippen molar-refractivity contribution in [3.8, 4) is 0 Å². The third kappa shape index (κ3) is 6.09. The van der Waals surface area contributed by atoms with E-state index in [0.717, 1.165) is 6.42 Å². The minimum Gasteiger partial charge on any atom is -0.393 e. The topological polar surface area (TPSA) is 46.2 Å². The summed E-state index contributed by atoms with van der Waals surface area (Å²) in [5.41, 5.74) is 5.21. The molecule has 0 heterocycles. The van der Waals surface area contributed by atoms with Crippen LogP contribution in [0.3, 0.4) is 0 Å². The van der Waals surface area contributed by atoms with Crippen molar-refractivity contribution in [1.29, 1.82) is 0 Å². The van der Waals surface area contributed by atoms with Gasteiger partial charge in [0.2, 0.25) is 0 Å². The second-order valence-electron chi connectivity index (χ2n) is 2.39. The zero-order chi connectivity index (χ0) is 6.57. The zero-order valence-electron chi connectivity index (χ0n) is 6.00. The summed E-state index contributed by atoms with van der Waals surface area (Å²) in [5, 5.41) is 9.05. The highest BCUT2D eigenvalue weighted by Crippen LogP contribution is 2.02. The Morgan fingerprint density at radius 2 is 1.89 bits per heavy atom. The molecular weight excluding hydrogens is 138 g/mol. The van der Waals surface area contributed by atoms with Gasteiger partial charge in [0.25, 0.3) is 0 Å². The smallest absolute Gasteiger partial charge is 0.0575 e. The molecule has 0 aromatic rings. The quantitative estimate of drug-likeness (QED) is 0.630. The van der Waals surface area contributed by atoms with Crippen LogP contribution >= 0.6 is 12.4 Å². The molecule has 0 amide bonds. The van der Waals surface area contributed by atoms with Crippen LogP contribution in [0.1, 0.15) is 20.3 Å². The Balaban J connectivity index is 0. The van der Waals surface area contributed by atoms with E-state index in [4.69, 9.17) is 10.8 Å². The van der Waals surface area contributed by atoms with Crippen molar-refractivity contribution in [1.82, 2.24) is 0 Å². The Kier molecular flexibility index (Phi) is 8.40. The monoisotopic (exact) mass is 153 g/mol. The molecule has 0 radical (unpaired) electrons. The second kappa shape index (κ2) is 6.33. The first-order valence-corrected chi connectivity index (χ1v) is 3.06. The van der Waals surface area contributed by atoms with Gasteiger partial charge in [-0.2, -0.15) is 0 Å². The molecule has 0 fully saturated rings. The van der Waals surface area contributed by atoms with Crippen LogP contribution in [-0.2, 0) is 0 Å². The van der Waals surface area contributed by atoms with E-state index in [1.54, 1.807) is 0 Å². The standard InChI is InChI=1S/C6H15NO.ClH/c1-5(2)6(8)3-4-7;/h5-6,8H,3-4,7H2,1-2H3;1H/t6-;/m1./s1. The number of rotatable bonds is 3. The van der Waals surface area contributed by atoms with Crippen LogP contribution in [0.25, 0.3) is 0 Å². The predicted octanol–water partition coefficient (Wildman–Crippen LogP) is 0.774. The van der Waals surface area contributed by atoms with E-state index >= 15 is 0 Å².